The summed E-state index contributed by atoms with van der Waals surface area (Å²) in [7, 11) is -3.65. The van der Waals surface area contributed by atoms with E-state index in [-0.39, 0.29) is 27.5 Å². The number of carbonyl (C=O) groups is 1. The normalized spacial score (nSPS) is 12.0. The molecule has 1 amide bonds. The van der Waals surface area contributed by atoms with Crippen LogP contribution in [0.2, 0.25) is 0 Å². The number of rotatable bonds is 9. The van der Waals surface area contributed by atoms with E-state index in [1.54, 1.807) is 13.8 Å². The first-order valence-electron chi connectivity index (χ1n) is 11.0. The summed E-state index contributed by atoms with van der Waals surface area (Å²) >= 11 is 0.752. The summed E-state index contributed by atoms with van der Waals surface area (Å²) in [6, 6.07) is 11.4. The van der Waals surface area contributed by atoms with Gasteiger partial charge in [0.2, 0.25) is 15.0 Å². The number of benzene rings is 1. The SMILES string of the molecule is CCOc1ccccc1-n1c(C)cc(C=C(C#N)C(=O)Nc2nc(S(=O)(=O)CC(C)C)ns2)c1C. The van der Waals surface area contributed by atoms with E-state index in [2.05, 4.69) is 14.7 Å². The van der Waals surface area contributed by atoms with Crippen LogP contribution in [0.5, 0.6) is 5.75 Å². The minimum atomic E-state index is -3.65. The van der Waals surface area contributed by atoms with Gasteiger partial charge in [-0.1, -0.05) is 26.0 Å². The number of nitriles is 1. The molecule has 3 aromatic rings. The molecule has 35 heavy (non-hydrogen) atoms. The quantitative estimate of drug-likeness (QED) is 0.333. The number of aryl methyl sites for hydroxylation is 1. The van der Waals surface area contributed by atoms with Crippen LogP contribution in [-0.2, 0) is 14.6 Å². The lowest BCUT2D eigenvalue weighted by atomic mass is 10.1. The minimum absolute atomic E-state index is 0.00888. The van der Waals surface area contributed by atoms with Crippen LogP contribution >= 0.6 is 11.5 Å². The third kappa shape index (κ3) is 5.96. The highest BCUT2D eigenvalue weighted by atomic mass is 32.2. The lowest BCUT2D eigenvalue weighted by molar-refractivity contribution is -0.112. The monoisotopic (exact) mass is 513 g/mol. The summed E-state index contributed by atoms with van der Waals surface area (Å²) in [6.45, 7) is 9.82. The zero-order valence-corrected chi connectivity index (χ0v) is 21.8. The Morgan fingerprint density at radius 1 is 1.31 bits per heavy atom. The molecule has 0 atom stereocenters. The molecule has 0 aliphatic rings. The van der Waals surface area contributed by atoms with Crippen LogP contribution < -0.4 is 10.1 Å². The molecule has 0 saturated carbocycles. The first-order valence-corrected chi connectivity index (χ1v) is 13.4. The molecule has 0 fully saturated rings. The summed E-state index contributed by atoms with van der Waals surface area (Å²) in [4.78, 5) is 16.7. The molecule has 0 radical (unpaired) electrons. The molecule has 184 valence electrons. The summed E-state index contributed by atoms with van der Waals surface area (Å²) in [6.07, 6.45) is 1.49. The maximum absolute atomic E-state index is 12.8. The number of amides is 1. The van der Waals surface area contributed by atoms with Crippen LogP contribution in [0.1, 0.15) is 37.7 Å². The van der Waals surface area contributed by atoms with Crippen molar-refractivity contribution in [1.82, 2.24) is 13.9 Å². The molecule has 2 aromatic heterocycles. The molecule has 0 bridgehead atoms. The van der Waals surface area contributed by atoms with E-state index < -0.39 is 15.7 Å². The molecule has 3 rings (SSSR count). The number of anilines is 1. The molecule has 2 heterocycles. The second kappa shape index (κ2) is 10.8. The van der Waals surface area contributed by atoms with Crippen molar-refractivity contribution < 1.29 is 17.9 Å². The molecule has 0 saturated heterocycles. The van der Waals surface area contributed by atoms with Gasteiger partial charge in [-0.05, 0) is 56.5 Å². The Morgan fingerprint density at radius 3 is 2.69 bits per heavy atom. The Kier molecular flexibility index (Phi) is 8.09. The molecule has 0 aliphatic carbocycles. The second-order valence-electron chi connectivity index (χ2n) is 8.24. The lowest BCUT2D eigenvalue weighted by Gasteiger charge is -2.14. The Balaban J connectivity index is 1.88. The number of nitrogens with one attached hydrogen (secondary N) is 1. The van der Waals surface area contributed by atoms with Crippen LogP contribution in [0.25, 0.3) is 11.8 Å². The molecule has 1 aromatic carbocycles. The van der Waals surface area contributed by atoms with Crippen molar-refractivity contribution in [2.75, 3.05) is 17.7 Å². The van der Waals surface area contributed by atoms with Crippen LogP contribution in [-0.4, -0.2) is 40.6 Å². The van der Waals surface area contributed by atoms with Crippen molar-refractivity contribution in [2.45, 2.75) is 39.8 Å². The van der Waals surface area contributed by atoms with Crippen molar-refractivity contribution in [3.63, 3.8) is 0 Å². The van der Waals surface area contributed by atoms with E-state index >= 15 is 0 Å². The number of hydrogen-bond acceptors (Lipinski definition) is 8. The third-order valence-electron chi connectivity index (χ3n) is 5.00. The highest BCUT2D eigenvalue weighted by Crippen LogP contribution is 2.29. The maximum Gasteiger partial charge on any atom is 0.268 e. The Morgan fingerprint density at radius 2 is 2.03 bits per heavy atom. The maximum atomic E-state index is 12.8. The topological polar surface area (TPSA) is 127 Å². The van der Waals surface area contributed by atoms with E-state index in [4.69, 9.17) is 4.74 Å². The number of aromatic nitrogens is 3. The van der Waals surface area contributed by atoms with Crippen LogP contribution in [0.15, 0.2) is 41.1 Å². The van der Waals surface area contributed by atoms with Gasteiger partial charge in [0.1, 0.15) is 17.4 Å². The largest absolute Gasteiger partial charge is 0.492 e. The van der Waals surface area contributed by atoms with Crippen LogP contribution in [0.4, 0.5) is 5.13 Å². The number of carbonyl (C=O) groups excluding carboxylic acids is 1. The van der Waals surface area contributed by atoms with Crippen molar-refractivity contribution in [1.29, 1.82) is 5.26 Å². The molecule has 11 heteroatoms. The fourth-order valence-corrected chi connectivity index (χ4v) is 5.94. The molecular formula is C24H27N5O4S2. The first kappa shape index (κ1) is 26.1. The first-order chi connectivity index (χ1) is 16.6. The van der Waals surface area contributed by atoms with Crippen LogP contribution in [0, 0.1) is 31.1 Å². The van der Waals surface area contributed by atoms with Gasteiger partial charge in [-0.3, -0.25) is 10.1 Å². The summed E-state index contributed by atoms with van der Waals surface area (Å²) in [5, 5.41) is 11.8. The molecule has 0 aliphatic heterocycles. The average molecular weight is 514 g/mol. The lowest BCUT2D eigenvalue weighted by Crippen LogP contribution is -2.15. The Labute approximate surface area is 209 Å². The van der Waals surface area contributed by atoms with Crippen molar-refractivity contribution in [3.05, 3.63) is 52.9 Å². The van der Waals surface area contributed by atoms with E-state index in [1.165, 1.54) is 6.08 Å². The van der Waals surface area contributed by atoms with Gasteiger partial charge in [-0.15, -0.1) is 0 Å². The van der Waals surface area contributed by atoms with Gasteiger partial charge in [0.15, 0.2) is 0 Å². The van der Waals surface area contributed by atoms with E-state index in [0.717, 1.165) is 34.4 Å². The van der Waals surface area contributed by atoms with Gasteiger partial charge >= 0.3 is 0 Å². The van der Waals surface area contributed by atoms with E-state index in [9.17, 15) is 18.5 Å². The number of ether oxygens (including phenoxy) is 1. The summed E-state index contributed by atoms with van der Waals surface area (Å²) in [5.41, 5.74) is 3.13. The molecule has 0 spiro atoms. The summed E-state index contributed by atoms with van der Waals surface area (Å²) in [5.74, 6) is -0.155. The smallest absolute Gasteiger partial charge is 0.268 e. The number of nitrogens with zero attached hydrogens (tertiary/aromatic N) is 4. The fraction of sp³-hybridized carbons (Fsp3) is 0.333. The predicted octanol–water partition coefficient (Wildman–Crippen LogP) is 4.32. The predicted molar refractivity (Wildman–Crippen MR) is 135 cm³/mol. The van der Waals surface area contributed by atoms with Gasteiger partial charge in [-0.2, -0.15) is 14.6 Å². The second-order valence-corrected chi connectivity index (χ2v) is 10.9. The third-order valence-corrected chi connectivity index (χ3v) is 7.59. The van der Waals surface area contributed by atoms with Crippen molar-refractivity contribution >= 4 is 38.5 Å². The van der Waals surface area contributed by atoms with Gasteiger partial charge in [0.05, 0.1) is 18.0 Å². The van der Waals surface area contributed by atoms with Gasteiger partial charge < -0.3 is 9.30 Å². The highest BCUT2D eigenvalue weighted by molar-refractivity contribution is 7.91. The summed E-state index contributed by atoms with van der Waals surface area (Å²) < 4.78 is 36.3. The zero-order valence-electron chi connectivity index (χ0n) is 20.2. The molecule has 9 nitrogen and oxygen atoms in total. The number of para-hydroxylation sites is 2. The van der Waals surface area contributed by atoms with Gasteiger partial charge in [0, 0.05) is 22.9 Å². The minimum Gasteiger partial charge on any atom is -0.492 e. The van der Waals surface area contributed by atoms with Crippen molar-refractivity contribution in [3.8, 4) is 17.5 Å². The van der Waals surface area contributed by atoms with Crippen molar-refractivity contribution in [2.24, 2.45) is 5.92 Å². The van der Waals surface area contributed by atoms with Gasteiger partial charge in [-0.25, -0.2) is 8.42 Å². The van der Waals surface area contributed by atoms with E-state index in [0.29, 0.717) is 12.2 Å². The molecule has 0 unspecified atom stereocenters. The fourth-order valence-electron chi connectivity index (χ4n) is 3.59. The average Bonchev–Trinajstić information content (AvgIpc) is 3.36. The Hall–Kier alpha value is -3.49. The number of sulfone groups is 1. The molecule has 1 N–H and O–H groups in total. The Bertz CT molecular complexity index is 1410. The van der Waals surface area contributed by atoms with E-state index in [1.807, 2.05) is 61.7 Å². The number of hydrogen-bond donors (Lipinski definition) is 1. The standard InChI is InChI=1S/C24H27N5O4S2/c1-6-33-21-10-8-7-9-20(21)29-16(4)11-18(17(29)5)12-19(13-25)22(30)26-23-27-24(28-34-23)35(31,32)14-15(2)3/h7-12,15H,6,14H2,1-5H3,(H,26,27,28,30). The highest BCUT2D eigenvalue weighted by Gasteiger charge is 2.23. The molecular weight excluding hydrogens is 486 g/mol. The van der Waals surface area contributed by atoms with Crippen LogP contribution in [0.3, 0.4) is 0 Å². The van der Waals surface area contributed by atoms with Gasteiger partial charge in [0.25, 0.3) is 11.1 Å². The zero-order chi connectivity index (χ0) is 25.8.